The largest absolute Gasteiger partial charge is 0.327 e. The lowest BCUT2D eigenvalue weighted by molar-refractivity contribution is 0.0331. The van der Waals surface area contributed by atoms with Crippen LogP contribution in [0.3, 0.4) is 0 Å². The number of rotatable bonds is 3. The third-order valence-electron chi connectivity index (χ3n) is 4.80. The van der Waals surface area contributed by atoms with Crippen molar-refractivity contribution in [2.75, 3.05) is 6.54 Å². The highest BCUT2D eigenvalue weighted by molar-refractivity contribution is 5.24. The van der Waals surface area contributed by atoms with Crippen LogP contribution < -0.4 is 5.73 Å². The number of nitrogens with two attached hydrogens (primary N) is 1. The van der Waals surface area contributed by atoms with E-state index < -0.39 is 5.67 Å². The third-order valence-corrected chi connectivity index (χ3v) is 4.80. The minimum Gasteiger partial charge on any atom is -0.327 e. The normalized spacial score (nSPS) is 31.9. The summed E-state index contributed by atoms with van der Waals surface area (Å²) in [6, 6.07) is 9.46. The lowest BCUT2D eigenvalue weighted by atomic mass is 9.68. The number of benzene rings is 1. The summed E-state index contributed by atoms with van der Waals surface area (Å²) >= 11 is 0. The molecule has 2 N–H and O–H groups in total. The fraction of sp³-hybridized carbons (Fsp3) is 0.625. The van der Waals surface area contributed by atoms with Crippen molar-refractivity contribution in [3.8, 4) is 0 Å². The molecule has 0 radical (unpaired) electrons. The van der Waals surface area contributed by atoms with Gasteiger partial charge in [0.15, 0.2) is 5.67 Å². The van der Waals surface area contributed by atoms with Gasteiger partial charge in [0.2, 0.25) is 0 Å². The van der Waals surface area contributed by atoms with E-state index in [2.05, 4.69) is 13.8 Å². The predicted octanol–water partition coefficient (Wildman–Crippen LogP) is 3.88. The summed E-state index contributed by atoms with van der Waals surface area (Å²) in [5, 5.41) is 0. The van der Waals surface area contributed by atoms with E-state index >= 15 is 4.39 Å². The van der Waals surface area contributed by atoms with Gasteiger partial charge in [-0.05, 0) is 36.2 Å². The first-order valence-corrected chi connectivity index (χ1v) is 7.02. The Labute approximate surface area is 110 Å². The molecule has 1 aromatic rings. The van der Waals surface area contributed by atoms with E-state index in [1.807, 2.05) is 30.3 Å². The molecule has 1 nitrogen and oxygen atoms in total. The van der Waals surface area contributed by atoms with E-state index in [-0.39, 0.29) is 12.5 Å². The van der Waals surface area contributed by atoms with Crippen molar-refractivity contribution in [1.82, 2.24) is 0 Å². The first-order valence-electron chi connectivity index (χ1n) is 7.02. The molecule has 0 aromatic heterocycles. The summed E-state index contributed by atoms with van der Waals surface area (Å²) in [6.07, 6.45) is 3.02. The van der Waals surface area contributed by atoms with Gasteiger partial charge in [-0.2, -0.15) is 0 Å². The van der Waals surface area contributed by atoms with Gasteiger partial charge in [0.05, 0.1) is 0 Å². The molecule has 18 heavy (non-hydrogen) atoms. The molecule has 4 atom stereocenters. The molecule has 100 valence electrons. The zero-order chi connectivity index (χ0) is 13.2. The van der Waals surface area contributed by atoms with Crippen LogP contribution in [0.1, 0.15) is 38.7 Å². The second-order valence-corrected chi connectivity index (χ2v) is 5.90. The van der Waals surface area contributed by atoms with Crippen molar-refractivity contribution in [3.63, 3.8) is 0 Å². The topological polar surface area (TPSA) is 26.0 Å². The standard InChI is InChI=1S/C16H24FN/c1-12-8-9-15(10-13(12)2)16(17,11-18)14-6-4-3-5-7-14/h3-7,12-13,15H,8-11,18H2,1-2H3. The van der Waals surface area contributed by atoms with Crippen LogP contribution >= 0.6 is 0 Å². The summed E-state index contributed by atoms with van der Waals surface area (Å²) in [6.45, 7) is 4.59. The molecule has 4 unspecified atom stereocenters. The number of halogens is 1. The summed E-state index contributed by atoms with van der Waals surface area (Å²) in [7, 11) is 0. The molecule has 0 aliphatic heterocycles. The van der Waals surface area contributed by atoms with Crippen molar-refractivity contribution in [2.45, 2.75) is 38.8 Å². The lowest BCUT2D eigenvalue weighted by Crippen LogP contribution is -2.41. The molecular formula is C16H24FN. The van der Waals surface area contributed by atoms with Crippen molar-refractivity contribution in [3.05, 3.63) is 35.9 Å². The Morgan fingerprint density at radius 3 is 2.39 bits per heavy atom. The van der Waals surface area contributed by atoms with Crippen LogP contribution in [-0.4, -0.2) is 6.54 Å². The van der Waals surface area contributed by atoms with E-state index in [1.165, 1.54) is 0 Å². The maximum absolute atomic E-state index is 15.3. The van der Waals surface area contributed by atoms with Crippen molar-refractivity contribution in [1.29, 1.82) is 0 Å². The first kappa shape index (κ1) is 13.5. The van der Waals surface area contributed by atoms with E-state index in [1.54, 1.807) is 0 Å². The average molecular weight is 249 g/mol. The Balaban J connectivity index is 2.23. The van der Waals surface area contributed by atoms with Crippen LogP contribution in [0, 0.1) is 17.8 Å². The van der Waals surface area contributed by atoms with Gasteiger partial charge < -0.3 is 5.73 Å². The summed E-state index contributed by atoms with van der Waals surface area (Å²) in [5.74, 6) is 1.37. The third kappa shape index (κ3) is 2.44. The van der Waals surface area contributed by atoms with Crippen molar-refractivity contribution < 1.29 is 4.39 Å². The lowest BCUT2D eigenvalue weighted by Gasteiger charge is -2.40. The second kappa shape index (κ2) is 5.40. The molecule has 1 aliphatic carbocycles. The SMILES string of the molecule is CC1CCC(C(F)(CN)c2ccccc2)CC1C. The van der Waals surface area contributed by atoms with Gasteiger partial charge in [-0.25, -0.2) is 4.39 Å². The smallest absolute Gasteiger partial charge is 0.150 e. The molecule has 0 saturated heterocycles. The van der Waals surface area contributed by atoms with Crippen molar-refractivity contribution >= 4 is 0 Å². The summed E-state index contributed by atoms with van der Waals surface area (Å²) in [4.78, 5) is 0. The monoisotopic (exact) mass is 249 g/mol. The Morgan fingerprint density at radius 2 is 1.83 bits per heavy atom. The number of alkyl halides is 1. The van der Waals surface area contributed by atoms with E-state index in [4.69, 9.17) is 5.73 Å². The zero-order valence-electron chi connectivity index (χ0n) is 11.4. The molecule has 0 heterocycles. The van der Waals surface area contributed by atoms with Gasteiger partial charge in [0.1, 0.15) is 0 Å². The highest BCUT2D eigenvalue weighted by Gasteiger charge is 2.42. The van der Waals surface area contributed by atoms with Gasteiger partial charge in [0, 0.05) is 6.54 Å². The Bertz CT molecular complexity index is 378. The Morgan fingerprint density at radius 1 is 1.17 bits per heavy atom. The Kier molecular flexibility index (Phi) is 4.06. The fourth-order valence-electron chi connectivity index (χ4n) is 3.20. The van der Waals surface area contributed by atoms with Gasteiger partial charge in [-0.1, -0.05) is 50.6 Å². The van der Waals surface area contributed by atoms with Crippen LogP contribution in [0.25, 0.3) is 0 Å². The van der Waals surface area contributed by atoms with E-state index in [0.29, 0.717) is 11.8 Å². The van der Waals surface area contributed by atoms with Gasteiger partial charge in [-0.15, -0.1) is 0 Å². The Hall–Kier alpha value is -0.890. The second-order valence-electron chi connectivity index (χ2n) is 5.90. The molecule has 1 aliphatic rings. The van der Waals surface area contributed by atoms with E-state index in [0.717, 1.165) is 24.8 Å². The van der Waals surface area contributed by atoms with Crippen molar-refractivity contribution in [2.24, 2.45) is 23.5 Å². The molecule has 0 bridgehead atoms. The summed E-state index contributed by atoms with van der Waals surface area (Å²) in [5.41, 5.74) is 5.17. The van der Waals surface area contributed by atoms with Gasteiger partial charge in [-0.3, -0.25) is 0 Å². The summed E-state index contributed by atoms with van der Waals surface area (Å²) < 4.78 is 15.3. The van der Waals surface area contributed by atoms with Crippen LogP contribution in [0.15, 0.2) is 30.3 Å². The highest BCUT2D eigenvalue weighted by Crippen LogP contribution is 2.45. The van der Waals surface area contributed by atoms with Gasteiger partial charge >= 0.3 is 0 Å². The van der Waals surface area contributed by atoms with Crippen LogP contribution in [0.5, 0.6) is 0 Å². The fourth-order valence-corrected chi connectivity index (χ4v) is 3.20. The molecule has 0 spiro atoms. The van der Waals surface area contributed by atoms with Crippen LogP contribution in [-0.2, 0) is 5.67 Å². The molecule has 1 saturated carbocycles. The quantitative estimate of drug-likeness (QED) is 0.864. The first-order chi connectivity index (χ1) is 8.58. The minimum atomic E-state index is -1.35. The molecule has 2 rings (SSSR count). The van der Waals surface area contributed by atoms with Gasteiger partial charge in [0.25, 0.3) is 0 Å². The highest BCUT2D eigenvalue weighted by atomic mass is 19.1. The zero-order valence-corrected chi connectivity index (χ0v) is 11.4. The number of hydrogen-bond acceptors (Lipinski definition) is 1. The average Bonchev–Trinajstić information content (AvgIpc) is 2.42. The molecular weight excluding hydrogens is 225 g/mol. The number of hydrogen-bond donors (Lipinski definition) is 1. The minimum absolute atomic E-state index is 0.0658. The molecule has 1 fully saturated rings. The van der Waals surface area contributed by atoms with E-state index in [9.17, 15) is 0 Å². The molecule has 1 aromatic carbocycles. The van der Waals surface area contributed by atoms with Crippen LogP contribution in [0.2, 0.25) is 0 Å². The molecule has 2 heteroatoms. The predicted molar refractivity (Wildman–Crippen MR) is 74.0 cm³/mol. The van der Waals surface area contributed by atoms with Crippen LogP contribution in [0.4, 0.5) is 4.39 Å². The maximum atomic E-state index is 15.3. The molecule has 0 amide bonds. The maximum Gasteiger partial charge on any atom is 0.150 e.